The van der Waals surface area contributed by atoms with Crippen LogP contribution >= 0.6 is 0 Å². The first kappa shape index (κ1) is 13.3. The smallest absolute Gasteiger partial charge is 0.0263 e. The molecule has 0 spiro atoms. The molecule has 68 valence electrons. The van der Waals surface area contributed by atoms with Gasteiger partial charge in [0.1, 0.15) is 0 Å². The van der Waals surface area contributed by atoms with Crippen molar-refractivity contribution in [3.63, 3.8) is 0 Å². The average molecular weight is 156 g/mol. The van der Waals surface area contributed by atoms with Crippen LogP contribution in [0, 0.1) is 5.92 Å². The summed E-state index contributed by atoms with van der Waals surface area (Å²) in [6.07, 6.45) is 3.80. The Balaban J connectivity index is 0. The van der Waals surface area contributed by atoms with E-state index in [2.05, 4.69) is 27.4 Å². The molecule has 0 saturated carbocycles. The maximum absolute atomic E-state index is 3.99. The molecule has 0 rings (SSSR count). The van der Waals surface area contributed by atoms with Crippen LogP contribution in [0.4, 0.5) is 0 Å². The van der Waals surface area contributed by atoms with Gasteiger partial charge in [0.15, 0.2) is 0 Å². The Morgan fingerprint density at radius 3 is 2.00 bits per heavy atom. The van der Waals surface area contributed by atoms with Gasteiger partial charge in [-0.2, -0.15) is 0 Å². The zero-order chi connectivity index (χ0) is 9.28. The van der Waals surface area contributed by atoms with Crippen LogP contribution in [-0.4, -0.2) is 0 Å². The summed E-state index contributed by atoms with van der Waals surface area (Å²) in [5.74, 6) is 0.677. The molecule has 0 atom stereocenters. The quantitative estimate of drug-likeness (QED) is 0.529. The van der Waals surface area contributed by atoms with E-state index in [0.29, 0.717) is 5.92 Å². The molecule has 0 fully saturated rings. The predicted molar refractivity (Wildman–Crippen MR) is 54.9 cm³/mol. The second-order valence-corrected chi connectivity index (χ2v) is 2.92. The third-order valence-electron chi connectivity index (χ3n) is 1.67. The van der Waals surface area contributed by atoms with E-state index in [1.807, 2.05) is 13.8 Å². The zero-order valence-electron chi connectivity index (χ0n) is 8.91. The zero-order valence-corrected chi connectivity index (χ0v) is 8.91. The third kappa shape index (κ3) is 9.74. The van der Waals surface area contributed by atoms with Gasteiger partial charge in [-0.25, -0.2) is 0 Å². The Bertz CT molecular complexity index is 80.0. The number of hydrogen-bond donors (Lipinski definition) is 0. The van der Waals surface area contributed by atoms with Crippen molar-refractivity contribution in [2.75, 3.05) is 0 Å². The highest BCUT2D eigenvalue weighted by atomic mass is 14.0. The van der Waals surface area contributed by atoms with Crippen molar-refractivity contribution in [2.24, 2.45) is 5.92 Å². The summed E-state index contributed by atoms with van der Waals surface area (Å²) in [5, 5.41) is 0. The van der Waals surface area contributed by atoms with E-state index in [9.17, 15) is 0 Å². The van der Waals surface area contributed by atoms with Gasteiger partial charge in [0.25, 0.3) is 0 Å². The standard InChI is InChI=1S/C9H18.C2H6/c1-5-6-7-9(4)8(2)3;1-2/h8H,4-7H2,1-3H3;1-2H3. The van der Waals surface area contributed by atoms with Crippen LogP contribution in [-0.2, 0) is 0 Å². The van der Waals surface area contributed by atoms with Crippen molar-refractivity contribution in [1.82, 2.24) is 0 Å². The van der Waals surface area contributed by atoms with Crippen molar-refractivity contribution in [1.29, 1.82) is 0 Å². The van der Waals surface area contributed by atoms with Crippen molar-refractivity contribution in [3.8, 4) is 0 Å². The Morgan fingerprint density at radius 1 is 1.27 bits per heavy atom. The summed E-state index contributed by atoms with van der Waals surface area (Å²) >= 11 is 0. The minimum absolute atomic E-state index is 0.677. The third-order valence-corrected chi connectivity index (χ3v) is 1.67. The Kier molecular flexibility index (Phi) is 11.8. The summed E-state index contributed by atoms with van der Waals surface area (Å²) in [7, 11) is 0. The minimum atomic E-state index is 0.677. The molecule has 0 bridgehead atoms. The van der Waals surface area contributed by atoms with Gasteiger partial charge < -0.3 is 0 Å². The van der Waals surface area contributed by atoms with Crippen molar-refractivity contribution in [2.45, 2.75) is 53.9 Å². The molecule has 11 heavy (non-hydrogen) atoms. The lowest BCUT2D eigenvalue weighted by Gasteiger charge is -2.06. The van der Waals surface area contributed by atoms with Gasteiger partial charge in [-0.1, -0.05) is 53.2 Å². The Morgan fingerprint density at radius 2 is 1.73 bits per heavy atom. The van der Waals surface area contributed by atoms with Crippen molar-refractivity contribution >= 4 is 0 Å². The van der Waals surface area contributed by atoms with Crippen molar-refractivity contribution < 1.29 is 0 Å². The van der Waals surface area contributed by atoms with Crippen LogP contribution in [0.5, 0.6) is 0 Å². The van der Waals surface area contributed by atoms with Crippen LogP contribution in [0.15, 0.2) is 12.2 Å². The molecule has 0 radical (unpaired) electrons. The largest absolute Gasteiger partial charge is 0.0996 e. The molecule has 0 aromatic rings. The lowest BCUT2D eigenvalue weighted by atomic mass is 10.00. The van der Waals surface area contributed by atoms with Gasteiger partial charge in [0.05, 0.1) is 0 Å². The minimum Gasteiger partial charge on any atom is -0.0996 e. The number of allylic oxidation sites excluding steroid dienone is 1. The average Bonchev–Trinajstić information content (AvgIpc) is 2.03. The van der Waals surface area contributed by atoms with Crippen LogP contribution in [0.3, 0.4) is 0 Å². The highest BCUT2D eigenvalue weighted by Crippen LogP contribution is 2.13. The lowest BCUT2D eigenvalue weighted by Crippen LogP contribution is -1.91. The van der Waals surface area contributed by atoms with Crippen LogP contribution < -0.4 is 0 Å². The van der Waals surface area contributed by atoms with E-state index in [0.717, 1.165) is 0 Å². The monoisotopic (exact) mass is 156 g/mol. The highest BCUT2D eigenvalue weighted by molar-refractivity contribution is 4.96. The van der Waals surface area contributed by atoms with E-state index in [-0.39, 0.29) is 0 Å². The SMILES string of the molecule is C=C(CCCC)C(C)C.CC. The van der Waals surface area contributed by atoms with Crippen LogP contribution in [0.2, 0.25) is 0 Å². The van der Waals surface area contributed by atoms with Gasteiger partial charge in [0.2, 0.25) is 0 Å². The summed E-state index contributed by atoms with van der Waals surface area (Å²) < 4.78 is 0. The molecular formula is C11H24. The first-order valence-corrected chi connectivity index (χ1v) is 4.86. The van der Waals surface area contributed by atoms with Gasteiger partial charge in [-0.15, -0.1) is 0 Å². The van der Waals surface area contributed by atoms with E-state index in [1.165, 1.54) is 24.8 Å². The molecular weight excluding hydrogens is 132 g/mol. The number of unbranched alkanes of at least 4 members (excludes halogenated alkanes) is 1. The van der Waals surface area contributed by atoms with E-state index >= 15 is 0 Å². The summed E-state index contributed by atoms with van der Waals surface area (Å²) in [6.45, 7) is 14.6. The molecule has 0 aromatic carbocycles. The molecule has 0 heterocycles. The van der Waals surface area contributed by atoms with Crippen LogP contribution in [0.25, 0.3) is 0 Å². The van der Waals surface area contributed by atoms with Gasteiger partial charge >= 0.3 is 0 Å². The predicted octanol–water partition coefficient (Wildman–Crippen LogP) is 4.42. The maximum atomic E-state index is 3.99. The number of hydrogen-bond acceptors (Lipinski definition) is 0. The van der Waals surface area contributed by atoms with E-state index in [1.54, 1.807) is 0 Å². The fourth-order valence-electron chi connectivity index (χ4n) is 0.693. The molecule has 0 aliphatic heterocycles. The maximum Gasteiger partial charge on any atom is -0.0263 e. The van der Waals surface area contributed by atoms with E-state index in [4.69, 9.17) is 0 Å². The molecule has 0 nitrogen and oxygen atoms in total. The summed E-state index contributed by atoms with van der Waals surface area (Å²) in [5.41, 5.74) is 1.40. The first-order chi connectivity index (χ1) is 5.18. The highest BCUT2D eigenvalue weighted by Gasteiger charge is 1.97. The Labute approximate surface area is 72.7 Å². The second kappa shape index (κ2) is 9.74. The fourth-order valence-corrected chi connectivity index (χ4v) is 0.693. The van der Waals surface area contributed by atoms with Crippen molar-refractivity contribution in [3.05, 3.63) is 12.2 Å². The van der Waals surface area contributed by atoms with E-state index < -0.39 is 0 Å². The first-order valence-electron chi connectivity index (χ1n) is 4.86. The molecule has 0 N–H and O–H groups in total. The molecule has 0 heteroatoms. The Hall–Kier alpha value is -0.260. The van der Waals surface area contributed by atoms with Gasteiger partial charge in [-0.3, -0.25) is 0 Å². The molecule has 0 saturated heterocycles. The lowest BCUT2D eigenvalue weighted by molar-refractivity contribution is 0.677. The fraction of sp³-hybridized carbons (Fsp3) is 0.818. The molecule has 0 aliphatic rings. The molecule has 0 amide bonds. The molecule has 0 aliphatic carbocycles. The summed E-state index contributed by atoms with van der Waals surface area (Å²) in [4.78, 5) is 0. The summed E-state index contributed by atoms with van der Waals surface area (Å²) in [6, 6.07) is 0. The topological polar surface area (TPSA) is 0 Å². The number of rotatable bonds is 4. The second-order valence-electron chi connectivity index (χ2n) is 2.92. The molecule has 0 unspecified atom stereocenters. The van der Waals surface area contributed by atoms with Gasteiger partial charge in [-0.05, 0) is 18.8 Å². The van der Waals surface area contributed by atoms with Crippen LogP contribution in [0.1, 0.15) is 53.9 Å². The normalized spacial score (nSPS) is 8.91. The molecule has 0 aromatic heterocycles. The van der Waals surface area contributed by atoms with Gasteiger partial charge in [0, 0.05) is 0 Å².